The number of nitrogens with one attached hydrogen (secondary N) is 1. The zero-order valence-electron chi connectivity index (χ0n) is 9.91. The minimum Gasteiger partial charge on any atom is -0.308 e. The van der Waals surface area contributed by atoms with E-state index in [9.17, 15) is 13.2 Å². The van der Waals surface area contributed by atoms with Gasteiger partial charge in [-0.1, -0.05) is 5.21 Å². The molecule has 4 nitrogen and oxygen atoms in total. The molecule has 0 unspecified atom stereocenters. The standard InChI is InChI=1S/C12H11F3N4/c13-9-3-4-10(12(15)11(9)14)19-6-8(17-18-19)5-16-7-1-2-7/h3-4,6-7,16H,1-2,5H2. The molecular formula is C12H11F3N4. The van der Waals surface area contributed by atoms with Gasteiger partial charge in [0.15, 0.2) is 17.5 Å². The summed E-state index contributed by atoms with van der Waals surface area (Å²) in [5, 5.41) is 10.8. The highest BCUT2D eigenvalue weighted by Gasteiger charge is 2.21. The summed E-state index contributed by atoms with van der Waals surface area (Å²) < 4.78 is 40.6. The first kappa shape index (κ1) is 12.2. The maximum absolute atomic E-state index is 13.6. The Labute approximate surface area is 107 Å². The van der Waals surface area contributed by atoms with Crippen molar-refractivity contribution < 1.29 is 13.2 Å². The zero-order chi connectivity index (χ0) is 13.4. The summed E-state index contributed by atoms with van der Waals surface area (Å²) in [7, 11) is 0. The zero-order valence-corrected chi connectivity index (χ0v) is 9.91. The van der Waals surface area contributed by atoms with Crippen molar-refractivity contribution in [2.75, 3.05) is 0 Å². The Bertz CT molecular complexity index is 607. The van der Waals surface area contributed by atoms with Crippen LogP contribution < -0.4 is 5.32 Å². The Balaban J connectivity index is 1.83. The van der Waals surface area contributed by atoms with E-state index in [1.54, 1.807) is 0 Å². The third-order valence-electron chi connectivity index (χ3n) is 2.95. The van der Waals surface area contributed by atoms with E-state index in [0.29, 0.717) is 18.3 Å². The Morgan fingerprint density at radius 3 is 2.74 bits per heavy atom. The predicted octanol–water partition coefficient (Wildman–Crippen LogP) is 1.94. The molecule has 0 radical (unpaired) electrons. The van der Waals surface area contributed by atoms with Crippen LogP contribution in [0.5, 0.6) is 0 Å². The van der Waals surface area contributed by atoms with E-state index in [1.165, 1.54) is 6.20 Å². The lowest BCUT2D eigenvalue weighted by atomic mass is 10.3. The SMILES string of the molecule is Fc1ccc(-n2cc(CNC3CC3)nn2)c(F)c1F. The monoisotopic (exact) mass is 268 g/mol. The minimum absolute atomic E-state index is 0.163. The molecule has 3 rings (SSSR count). The van der Waals surface area contributed by atoms with Gasteiger partial charge in [0.1, 0.15) is 5.69 Å². The maximum atomic E-state index is 13.6. The first-order chi connectivity index (χ1) is 9.15. The van der Waals surface area contributed by atoms with Gasteiger partial charge in [-0.15, -0.1) is 5.10 Å². The molecule has 0 spiro atoms. The molecule has 1 aliphatic rings. The van der Waals surface area contributed by atoms with E-state index in [4.69, 9.17) is 0 Å². The molecule has 0 atom stereocenters. The quantitative estimate of drug-likeness (QED) is 0.862. The number of hydrogen-bond acceptors (Lipinski definition) is 3. The summed E-state index contributed by atoms with van der Waals surface area (Å²) in [6, 6.07) is 2.50. The largest absolute Gasteiger partial charge is 0.308 e. The van der Waals surface area contributed by atoms with Gasteiger partial charge in [-0.05, 0) is 25.0 Å². The van der Waals surface area contributed by atoms with Crippen LogP contribution in [0.4, 0.5) is 13.2 Å². The molecule has 1 saturated carbocycles. The van der Waals surface area contributed by atoms with E-state index >= 15 is 0 Å². The van der Waals surface area contributed by atoms with Gasteiger partial charge < -0.3 is 5.32 Å². The lowest BCUT2D eigenvalue weighted by Gasteiger charge is -2.03. The van der Waals surface area contributed by atoms with Gasteiger partial charge in [-0.25, -0.2) is 17.9 Å². The second-order valence-electron chi connectivity index (χ2n) is 4.50. The highest BCUT2D eigenvalue weighted by molar-refractivity contribution is 5.33. The number of aromatic nitrogens is 3. The van der Waals surface area contributed by atoms with Crippen LogP contribution in [-0.2, 0) is 6.54 Å². The van der Waals surface area contributed by atoms with Crippen LogP contribution in [0.2, 0.25) is 0 Å². The molecule has 0 bridgehead atoms. The molecule has 1 aromatic carbocycles. The third-order valence-corrected chi connectivity index (χ3v) is 2.95. The van der Waals surface area contributed by atoms with Gasteiger partial charge in [0.25, 0.3) is 0 Å². The normalized spacial score (nSPS) is 14.9. The molecule has 1 aromatic heterocycles. The van der Waals surface area contributed by atoms with Gasteiger partial charge in [-0.3, -0.25) is 0 Å². The van der Waals surface area contributed by atoms with Gasteiger partial charge in [0.05, 0.1) is 11.9 Å². The van der Waals surface area contributed by atoms with Gasteiger partial charge in [0, 0.05) is 12.6 Å². The number of hydrogen-bond donors (Lipinski definition) is 1. The first-order valence-corrected chi connectivity index (χ1v) is 5.93. The fourth-order valence-electron chi connectivity index (χ4n) is 1.73. The van der Waals surface area contributed by atoms with Crippen molar-refractivity contribution in [1.29, 1.82) is 0 Å². The molecule has 2 aromatic rings. The molecule has 7 heteroatoms. The molecule has 0 saturated heterocycles. The van der Waals surface area contributed by atoms with Crippen LogP contribution in [0.3, 0.4) is 0 Å². The fraction of sp³-hybridized carbons (Fsp3) is 0.333. The Kier molecular flexibility index (Phi) is 2.98. The summed E-state index contributed by atoms with van der Waals surface area (Å²) >= 11 is 0. The summed E-state index contributed by atoms with van der Waals surface area (Å²) in [6.07, 6.45) is 3.78. The van der Waals surface area contributed by atoms with Crippen molar-refractivity contribution >= 4 is 0 Å². The third kappa shape index (κ3) is 2.46. The molecule has 1 heterocycles. The van der Waals surface area contributed by atoms with E-state index in [2.05, 4.69) is 15.6 Å². The highest BCUT2D eigenvalue weighted by Crippen LogP contribution is 2.20. The average Bonchev–Trinajstić information content (AvgIpc) is 3.12. The summed E-state index contributed by atoms with van der Waals surface area (Å²) in [6.45, 7) is 0.524. The van der Waals surface area contributed by atoms with Crippen LogP contribution in [0.15, 0.2) is 18.3 Å². The molecule has 100 valence electrons. The summed E-state index contributed by atoms with van der Waals surface area (Å²) in [5.74, 6) is -4.01. The molecular weight excluding hydrogens is 257 g/mol. The first-order valence-electron chi connectivity index (χ1n) is 5.93. The minimum atomic E-state index is -1.51. The lowest BCUT2D eigenvalue weighted by molar-refractivity contribution is 0.442. The van der Waals surface area contributed by atoms with Gasteiger partial charge in [0.2, 0.25) is 0 Å². The van der Waals surface area contributed by atoms with Crippen LogP contribution in [-0.4, -0.2) is 21.0 Å². The van der Waals surface area contributed by atoms with Crippen molar-refractivity contribution in [3.05, 3.63) is 41.5 Å². The number of benzene rings is 1. The van der Waals surface area contributed by atoms with E-state index in [-0.39, 0.29) is 5.69 Å². The molecule has 1 N–H and O–H groups in total. The summed E-state index contributed by atoms with van der Waals surface area (Å²) in [4.78, 5) is 0. The van der Waals surface area contributed by atoms with Crippen LogP contribution in [0.1, 0.15) is 18.5 Å². The van der Waals surface area contributed by atoms with E-state index < -0.39 is 17.5 Å². The fourth-order valence-corrected chi connectivity index (χ4v) is 1.73. The molecule has 0 aliphatic heterocycles. The van der Waals surface area contributed by atoms with Crippen LogP contribution >= 0.6 is 0 Å². The number of nitrogens with zero attached hydrogens (tertiary/aromatic N) is 3. The molecule has 0 amide bonds. The second kappa shape index (κ2) is 4.65. The van der Waals surface area contributed by atoms with Gasteiger partial charge >= 0.3 is 0 Å². The number of rotatable bonds is 4. The number of halogens is 3. The van der Waals surface area contributed by atoms with Crippen molar-refractivity contribution in [2.24, 2.45) is 0 Å². The Hall–Kier alpha value is -1.89. The van der Waals surface area contributed by atoms with Crippen LogP contribution in [0, 0.1) is 17.5 Å². The maximum Gasteiger partial charge on any atom is 0.196 e. The van der Waals surface area contributed by atoms with E-state index in [1.807, 2.05) is 0 Å². The lowest BCUT2D eigenvalue weighted by Crippen LogP contribution is -2.15. The smallest absolute Gasteiger partial charge is 0.196 e. The summed E-state index contributed by atoms with van der Waals surface area (Å²) in [5.41, 5.74) is 0.458. The van der Waals surface area contributed by atoms with Gasteiger partial charge in [-0.2, -0.15) is 0 Å². The van der Waals surface area contributed by atoms with E-state index in [0.717, 1.165) is 29.7 Å². The molecule has 1 fully saturated rings. The highest BCUT2D eigenvalue weighted by atomic mass is 19.2. The van der Waals surface area contributed by atoms with Crippen LogP contribution in [0.25, 0.3) is 5.69 Å². The molecule has 19 heavy (non-hydrogen) atoms. The topological polar surface area (TPSA) is 42.7 Å². The Morgan fingerprint density at radius 2 is 2.00 bits per heavy atom. The average molecular weight is 268 g/mol. The van der Waals surface area contributed by atoms with Crippen molar-refractivity contribution in [2.45, 2.75) is 25.4 Å². The van der Waals surface area contributed by atoms with Crippen molar-refractivity contribution in [1.82, 2.24) is 20.3 Å². The van der Waals surface area contributed by atoms with Crippen molar-refractivity contribution in [3.63, 3.8) is 0 Å². The molecule has 1 aliphatic carbocycles. The second-order valence-corrected chi connectivity index (χ2v) is 4.50. The van der Waals surface area contributed by atoms with Crippen molar-refractivity contribution in [3.8, 4) is 5.69 Å². The Morgan fingerprint density at radius 1 is 1.21 bits per heavy atom. The predicted molar refractivity (Wildman–Crippen MR) is 61.1 cm³/mol.